The highest BCUT2D eigenvalue weighted by atomic mass is 32.1. The van der Waals surface area contributed by atoms with Crippen molar-refractivity contribution in [3.8, 4) is 0 Å². The van der Waals surface area contributed by atoms with Crippen LogP contribution >= 0.6 is 24.8 Å². The molecule has 2 nitrogen and oxygen atoms in total. The van der Waals surface area contributed by atoms with E-state index in [9.17, 15) is 0 Å². The maximum atomic E-state index is 5.25. The van der Waals surface area contributed by atoms with Gasteiger partial charge in [-0.3, -0.25) is 0 Å². The zero-order valence-corrected chi connectivity index (χ0v) is 10.2. The SMILES string of the molecule is CCCN(CCCOCC)C(=S)S. The molecule has 0 rings (SSSR count). The van der Waals surface area contributed by atoms with Gasteiger partial charge in [0, 0.05) is 26.3 Å². The molecule has 0 spiro atoms. The molecule has 0 heterocycles. The highest BCUT2D eigenvalue weighted by molar-refractivity contribution is 8.10. The molecular weight excluding hydrogens is 202 g/mol. The zero-order chi connectivity index (χ0) is 10.1. The minimum Gasteiger partial charge on any atom is -0.382 e. The second kappa shape index (κ2) is 8.78. The van der Waals surface area contributed by atoms with Gasteiger partial charge < -0.3 is 9.64 Å². The summed E-state index contributed by atoms with van der Waals surface area (Å²) in [5, 5.41) is 0. The average Bonchev–Trinajstić information content (AvgIpc) is 2.10. The third-order valence-corrected chi connectivity index (χ3v) is 2.23. The minimum absolute atomic E-state index is 0.693. The number of thiol groups is 1. The quantitative estimate of drug-likeness (QED) is 0.403. The highest BCUT2D eigenvalue weighted by Crippen LogP contribution is 2.00. The molecule has 0 aromatic heterocycles. The molecule has 0 aliphatic heterocycles. The van der Waals surface area contributed by atoms with Gasteiger partial charge in [0.2, 0.25) is 0 Å². The largest absolute Gasteiger partial charge is 0.382 e. The van der Waals surface area contributed by atoms with Crippen LogP contribution in [0.15, 0.2) is 0 Å². The second-order valence-corrected chi connectivity index (χ2v) is 3.93. The molecule has 0 N–H and O–H groups in total. The summed E-state index contributed by atoms with van der Waals surface area (Å²) in [6, 6.07) is 0. The molecule has 0 aromatic carbocycles. The number of hydrogen-bond donors (Lipinski definition) is 1. The van der Waals surface area contributed by atoms with E-state index in [1.807, 2.05) is 6.92 Å². The van der Waals surface area contributed by atoms with Crippen LogP contribution in [0.5, 0.6) is 0 Å². The maximum Gasteiger partial charge on any atom is 0.133 e. The second-order valence-electron chi connectivity index (χ2n) is 2.82. The van der Waals surface area contributed by atoms with Gasteiger partial charge in [-0.25, -0.2) is 0 Å². The minimum atomic E-state index is 0.693. The van der Waals surface area contributed by atoms with E-state index in [2.05, 4.69) is 24.5 Å². The summed E-state index contributed by atoms with van der Waals surface area (Å²) in [4.78, 5) is 2.11. The molecule has 0 fully saturated rings. The standard InChI is InChI=1S/C9H19NOS2/c1-3-6-10(9(12)13)7-5-8-11-4-2/h3-8H2,1-2H3,(H,12,13). The molecule has 0 aliphatic carbocycles. The van der Waals surface area contributed by atoms with Crippen LogP contribution in [0.4, 0.5) is 0 Å². The topological polar surface area (TPSA) is 12.5 Å². The fraction of sp³-hybridized carbons (Fsp3) is 0.889. The van der Waals surface area contributed by atoms with Crippen LogP contribution in [0.3, 0.4) is 0 Å². The van der Waals surface area contributed by atoms with Crippen LogP contribution in [0.1, 0.15) is 26.7 Å². The first-order valence-electron chi connectivity index (χ1n) is 4.78. The monoisotopic (exact) mass is 221 g/mol. The Bertz CT molecular complexity index is 142. The molecule has 0 bridgehead atoms. The first-order chi connectivity index (χ1) is 6.22. The Morgan fingerprint density at radius 2 is 2.08 bits per heavy atom. The molecule has 0 amide bonds. The fourth-order valence-corrected chi connectivity index (χ4v) is 1.46. The Labute approximate surface area is 92.0 Å². The lowest BCUT2D eigenvalue weighted by atomic mass is 10.4. The van der Waals surface area contributed by atoms with Gasteiger partial charge >= 0.3 is 0 Å². The van der Waals surface area contributed by atoms with Crippen LogP contribution in [0.25, 0.3) is 0 Å². The Kier molecular flexibility index (Phi) is 8.92. The number of hydrogen-bond acceptors (Lipinski definition) is 2. The summed E-state index contributed by atoms with van der Waals surface area (Å²) in [6.07, 6.45) is 2.13. The molecule has 0 saturated carbocycles. The van der Waals surface area contributed by atoms with Crippen molar-refractivity contribution >= 4 is 29.2 Å². The lowest BCUT2D eigenvalue weighted by molar-refractivity contribution is 0.140. The van der Waals surface area contributed by atoms with Gasteiger partial charge in [-0.05, 0) is 19.8 Å². The van der Waals surface area contributed by atoms with Crippen molar-refractivity contribution in [3.05, 3.63) is 0 Å². The van der Waals surface area contributed by atoms with E-state index in [0.29, 0.717) is 4.32 Å². The van der Waals surface area contributed by atoms with E-state index in [1.165, 1.54) is 0 Å². The lowest BCUT2D eigenvalue weighted by Crippen LogP contribution is -2.28. The molecule has 0 unspecified atom stereocenters. The van der Waals surface area contributed by atoms with E-state index in [-0.39, 0.29) is 0 Å². The molecule has 0 atom stereocenters. The van der Waals surface area contributed by atoms with Crippen molar-refractivity contribution in [1.29, 1.82) is 0 Å². The summed E-state index contributed by atoms with van der Waals surface area (Å²) in [5.74, 6) is 0. The number of rotatable bonds is 7. The molecular formula is C9H19NOS2. The number of ether oxygens (including phenoxy) is 1. The molecule has 0 aromatic rings. The van der Waals surface area contributed by atoms with Gasteiger partial charge in [0.15, 0.2) is 0 Å². The molecule has 78 valence electrons. The summed E-state index contributed by atoms with van der Waals surface area (Å²) in [6.45, 7) is 7.70. The normalized spacial score (nSPS) is 10.1. The Balaban J connectivity index is 3.51. The number of nitrogens with zero attached hydrogens (tertiary/aromatic N) is 1. The fourth-order valence-electron chi connectivity index (χ4n) is 1.07. The van der Waals surface area contributed by atoms with E-state index in [1.54, 1.807) is 0 Å². The predicted octanol–water partition coefficient (Wildman–Crippen LogP) is 2.34. The van der Waals surface area contributed by atoms with Crippen molar-refractivity contribution in [2.24, 2.45) is 0 Å². The van der Waals surface area contributed by atoms with Gasteiger partial charge in [0.05, 0.1) is 0 Å². The molecule has 13 heavy (non-hydrogen) atoms. The van der Waals surface area contributed by atoms with Crippen LogP contribution in [0.2, 0.25) is 0 Å². The van der Waals surface area contributed by atoms with Crippen LogP contribution in [-0.4, -0.2) is 35.5 Å². The van der Waals surface area contributed by atoms with Crippen molar-refractivity contribution < 1.29 is 4.74 Å². The molecule has 4 heteroatoms. The Morgan fingerprint density at radius 1 is 1.38 bits per heavy atom. The van der Waals surface area contributed by atoms with Crippen LogP contribution < -0.4 is 0 Å². The van der Waals surface area contributed by atoms with Crippen LogP contribution in [0, 0.1) is 0 Å². The van der Waals surface area contributed by atoms with Crippen molar-refractivity contribution in [2.75, 3.05) is 26.3 Å². The number of thiocarbonyl (C=S) groups is 1. The van der Waals surface area contributed by atoms with E-state index >= 15 is 0 Å². The zero-order valence-electron chi connectivity index (χ0n) is 8.45. The summed E-state index contributed by atoms with van der Waals surface area (Å²) >= 11 is 9.18. The predicted molar refractivity (Wildman–Crippen MR) is 64.6 cm³/mol. The lowest BCUT2D eigenvalue weighted by Gasteiger charge is -2.21. The third kappa shape index (κ3) is 7.28. The van der Waals surface area contributed by atoms with Crippen molar-refractivity contribution in [2.45, 2.75) is 26.7 Å². The average molecular weight is 221 g/mol. The Hall–Kier alpha value is 0.200. The van der Waals surface area contributed by atoms with Crippen LogP contribution in [-0.2, 0) is 4.74 Å². The molecule has 0 saturated heterocycles. The van der Waals surface area contributed by atoms with Gasteiger partial charge in [-0.1, -0.05) is 19.1 Å². The van der Waals surface area contributed by atoms with E-state index in [4.69, 9.17) is 17.0 Å². The van der Waals surface area contributed by atoms with Gasteiger partial charge in [-0.15, -0.1) is 12.6 Å². The summed E-state index contributed by atoms with van der Waals surface area (Å²) in [5.41, 5.74) is 0. The van der Waals surface area contributed by atoms with Crippen molar-refractivity contribution in [1.82, 2.24) is 4.90 Å². The summed E-state index contributed by atoms with van der Waals surface area (Å²) in [7, 11) is 0. The maximum absolute atomic E-state index is 5.25. The first-order valence-corrected chi connectivity index (χ1v) is 5.63. The highest BCUT2D eigenvalue weighted by Gasteiger charge is 2.03. The molecule has 0 radical (unpaired) electrons. The van der Waals surface area contributed by atoms with E-state index < -0.39 is 0 Å². The third-order valence-electron chi connectivity index (χ3n) is 1.68. The smallest absolute Gasteiger partial charge is 0.133 e. The van der Waals surface area contributed by atoms with Gasteiger partial charge in [0.1, 0.15) is 4.32 Å². The van der Waals surface area contributed by atoms with Gasteiger partial charge in [0.25, 0.3) is 0 Å². The van der Waals surface area contributed by atoms with Crippen molar-refractivity contribution in [3.63, 3.8) is 0 Å². The van der Waals surface area contributed by atoms with Gasteiger partial charge in [-0.2, -0.15) is 0 Å². The molecule has 0 aliphatic rings. The summed E-state index contributed by atoms with van der Waals surface area (Å²) < 4.78 is 5.94. The Morgan fingerprint density at radius 3 is 2.54 bits per heavy atom. The van der Waals surface area contributed by atoms with E-state index in [0.717, 1.165) is 39.1 Å². The first kappa shape index (κ1) is 13.2.